The minimum Gasteiger partial charge on any atom is -0.480 e. The van der Waals surface area contributed by atoms with Crippen molar-refractivity contribution in [2.45, 2.75) is 32.2 Å². The molecule has 0 radical (unpaired) electrons. The summed E-state index contributed by atoms with van der Waals surface area (Å²) in [5.74, 6) is -1.34. The lowest BCUT2D eigenvalue weighted by Gasteiger charge is -2.33. The van der Waals surface area contributed by atoms with Crippen molar-refractivity contribution >= 4 is 22.8 Å². The van der Waals surface area contributed by atoms with Crippen LogP contribution in [0.2, 0.25) is 0 Å². The highest BCUT2D eigenvalue weighted by Crippen LogP contribution is 2.27. The number of para-hydroxylation sites is 1. The van der Waals surface area contributed by atoms with Crippen molar-refractivity contribution in [2.24, 2.45) is 0 Å². The summed E-state index contributed by atoms with van der Waals surface area (Å²) >= 11 is 0. The van der Waals surface area contributed by atoms with Crippen LogP contribution in [-0.4, -0.2) is 34.5 Å². The van der Waals surface area contributed by atoms with Gasteiger partial charge in [0.05, 0.1) is 5.92 Å². The van der Waals surface area contributed by atoms with E-state index in [-0.39, 0.29) is 5.91 Å². The molecular formula is C16H19NO4. The fraction of sp³-hybridized carbons (Fsp3) is 0.375. The van der Waals surface area contributed by atoms with Gasteiger partial charge in [-0.3, -0.25) is 4.79 Å². The summed E-state index contributed by atoms with van der Waals surface area (Å²) < 4.78 is 5.68. The van der Waals surface area contributed by atoms with E-state index < -0.39 is 17.4 Å². The number of aliphatic carboxylic acids is 1. The lowest BCUT2D eigenvalue weighted by atomic mass is 10.00. The minimum absolute atomic E-state index is 0.290. The Kier molecular flexibility index (Phi) is 3.77. The Morgan fingerprint density at radius 1 is 1.29 bits per heavy atom. The first-order valence-electron chi connectivity index (χ1n) is 6.74. The molecule has 1 N–H and O–H groups in total. The summed E-state index contributed by atoms with van der Waals surface area (Å²) in [5.41, 5.74) is -0.551. The van der Waals surface area contributed by atoms with E-state index in [0.717, 1.165) is 5.39 Å². The molecule has 112 valence electrons. The molecular weight excluding hydrogens is 270 g/mol. The zero-order valence-corrected chi connectivity index (χ0v) is 12.6. The summed E-state index contributed by atoms with van der Waals surface area (Å²) in [6, 6.07) is 9.32. The lowest BCUT2D eigenvalue weighted by Crippen LogP contribution is -2.51. The van der Waals surface area contributed by atoms with Crippen LogP contribution in [-0.2, 0) is 9.59 Å². The number of hydrogen-bond donors (Lipinski definition) is 1. The molecule has 5 heteroatoms. The molecule has 1 aromatic heterocycles. The van der Waals surface area contributed by atoms with Crippen molar-refractivity contribution in [3.63, 3.8) is 0 Å². The standard InChI is InChI=1S/C16H19NO4/c1-10(14(18)17(4)16(2,3)15(19)20)13-9-11-7-5-6-8-12(11)21-13/h5-10H,1-4H3,(H,19,20). The second kappa shape index (κ2) is 5.24. The van der Waals surface area contributed by atoms with Crippen molar-refractivity contribution in [2.75, 3.05) is 7.05 Å². The zero-order valence-electron chi connectivity index (χ0n) is 12.6. The van der Waals surface area contributed by atoms with Crippen LogP contribution in [0.5, 0.6) is 0 Å². The molecule has 1 unspecified atom stereocenters. The van der Waals surface area contributed by atoms with Crippen LogP contribution < -0.4 is 0 Å². The number of carboxylic acids is 1. The smallest absolute Gasteiger partial charge is 0.329 e. The first-order chi connectivity index (χ1) is 9.75. The molecule has 2 rings (SSSR count). The van der Waals surface area contributed by atoms with E-state index in [0.29, 0.717) is 11.3 Å². The second-order valence-corrected chi connectivity index (χ2v) is 5.67. The highest BCUT2D eigenvalue weighted by atomic mass is 16.4. The fourth-order valence-corrected chi connectivity index (χ4v) is 2.05. The van der Waals surface area contributed by atoms with Crippen LogP contribution in [0.25, 0.3) is 11.0 Å². The van der Waals surface area contributed by atoms with E-state index in [1.807, 2.05) is 30.3 Å². The molecule has 0 spiro atoms. The van der Waals surface area contributed by atoms with E-state index >= 15 is 0 Å². The number of carbonyl (C=O) groups excluding carboxylic acids is 1. The molecule has 1 heterocycles. The summed E-state index contributed by atoms with van der Waals surface area (Å²) in [5, 5.41) is 10.1. The average Bonchev–Trinajstić information content (AvgIpc) is 2.88. The van der Waals surface area contributed by atoms with Crippen molar-refractivity contribution in [1.82, 2.24) is 4.90 Å². The van der Waals surface area contributed by atoms with Gasteiger partial charge in [-0.1, -0.05) is 18.2 Å². The molecule has 1 atom stereocenters. The van der Waals surface area contributed by atoms with Crippen molar-refractivity contribution in [1.29, 1.82) is 0 Å². The first kappa shape index (κ1) is 15.1. The first-order valence-corrected chi connectivity index (χ1v) is 6.74. The maximum atomic E-state index is 12.5. The number of hydrogen-bond acceptors (Lipinski definition) is 3. The van der Waals surface area contributed by atoms with Gasteiger partial charge in [-0.2, -0.15) is 0 Å². The van der Waals surface area contributed by atoms with Crippen LogP contribution in [0.1, 0.15) is 32.4 Å². The Morgan fingerprint density at radius 3 is 2.48 bits per heavy atom. The van der Waals surface area contributed by atoms with Crippen LogP contribution in [0.4, 0.5) is 0 Å². The Morgan fingerprint density at radius 2 is 1.90 bits per heavy atom. The lowest BCUT2D eigenvalue weighted by molar-refractivity contribution is -0.155. The average molecular weight is 289 g/mol. The Hall–Kier alpha value is -2.30. The van der Waals surface area contributed by atoms with E-state index in [1.54, 1.807) is 6.92 Å². The van der Waals surface area contributed by atoms with Gasteiger partial charge in [-0.25, -0.2) is 4.79 Å². The number of nitrogens with zero attached hydrogens (tertiary/aromatic N) is 1. The Labute approximate surface area is 123 Å². The van der Waals surface area contributed by atoms with Gasteiger partial charge < -0.3 is 14.4 Å². The summed E-state index contributed by atoms with van der Waals surface area (Å²) in [6.45, 7) is 4.71. The van der Waals surface area contributed by atoms with Gasteiger partial charge in [-0.15, -0.1) is 0 Å². The number of furan rings is 1. The third-order valence-electron chi connectivity index (χ3n) is 3.93. The van der Waals surface area contributed by atoms with Gasteiger partial charge in [0.15, 0.2) is 0 Å². The summed E-state index contributed by atoms with van der Waals surface area (Å²) in [6.07, 6.45) is 0. The molecule has 2 aromatic rings. The molecule has 1 amide bonds. The van der Waals surface area contributed by atoms with E-state index in [1.165, 1.54) is 25.8 Å². The quantitative estimate of drug-likeness (QED) is 0.939. The number of amides is 1. The van der Waals surface area contributed by atoms with Crippen molar-refractivity contribution in [3.05, 3.63) is 36.1 Å². The Bertz CT molecular complexity index is 653. The molecule has 5 nitrogen and oxygen atoms in total. The predicted octanol–water partition coefficient (Wildman–Crippen LogP) is 2.86. The van der Waals surface area contributed by atoms with Crippen molar-refractivity contribution < 1.29 is 19.1 Å². The second-order valence-electron chi connectivity index (χ2n) is 5.67. The van der Waals surface area contributed by atoms with Crippen LogP contribution in [0, 0.1) is 0 Å². The number of carboxylic acid groups (broad SMARTS) is 1. The maximum Gasteiger partial charge on any atom is 0.329 e. The molecule has 0 aliphatic rings. The zero-order chi connectivity index (χ0) is 15.8. The number of benzene rings is 1. The van der Waals surface area contributed by atoms with Gasteiger partial charge in [0, 0.05) is 12.4 Å². The molecule has 0 bridgehead atoms. The van der Waals surface area contributed by atoms with E-state index in [4.69, 9.17) is 4.42 Å². The third-order valence-corrected chi connectivity index (χ3v) is 3.93. The minimum atomic E-state index is -1.27. The monoisotopic (exact) mass is 289 g/mol. The molecule has 0 saturated carbocycles. The van der Waals surface area contributed by atoms with Crippen molar-refractivity contribution in [3.8, 4) is 0 Å². The number of fused-ring (bicyclic) bond motifs is 1. The highest BCUT2D eigenvalue weighted by Gasteiger charge is 2.37. The van der Waals surface area contributed by atoms with Crippen LogP contribution in [0.3, 0.4) is 0 Å². The molecule has 0 aliphatic heterocycles. The highest BCUT2D eigenvalue weighted by molar-refractivity contribution is 5.90. The largest absolute Gasteiger partial charge is 0.480 e. The maximum absolute atomic E-state index is 12.5. The van der Waals surface area contributed by atoms with Gasteiger partial charge in [0.1, 0.15) is 16.9 Å². The molecule has 0 saturated heterocycles. The fourth-order valence-electron chi connectivity index (χ4n) is 2.05. The number of rotatable bonds is 4. The van der Waals surface area contributed by atoms with E-state index in [2.05, 4.69) is 0 Å². The predicted molar refractivity (Wildman–Crippen MR) is 79.1 cm³/mol. The number of carbonyl (C=O) groups is 2. The van der Waals surface area contributed by atoms with Gasteiger partial charge in [0.2, 0.25) is 5.91 Å². The van der Waals surface area contributed by atoms with Gasteiger partial charge in [-0.05, 0) is 32.9 Å². The summed E-state index contributed by atoms with van der Waals surface area (Å²) in [4.78, 5) is 25.0. The SMILES string of the molecule is CC(C(=O)N(C)C(C)(C)C(=O)O)c1cc2ccccc2o1. The van der Waals surface area contributed by atoms with Crippen LogP contribution in [0.15, 0.2) is 34.7 Å². The third kappa shape index (κ3) is 2.63. The van der Waals surface area contributed by atoms with Crippen LogP contribution >= 0.6 is 0 Å². The van der Waals surface area contributed by atoms with Gasteiger partial charge >= 0.3 is 5.97 Å². The molecule has 0 fully saturated rings. The van der Waals surface area contributed by atoms with E-state index in [9.17, 15) is 14.7 Å². The number of likely N-dealkylation sites (N-methyl/N-ethyl adjacent to an activating group) is 1. The van der Waals surface area contributed by atoms with Gasteiger partial charge in [0.25, 0.3) is 0 Å². The summed E-state index contributed by atoms with van der Waals surface area (Å²) in [7, 11) is 1.50. The topological polar surface area (TPSA) is 70.8 Å². The molecule has 0 aliphatic carbocycles. The molecule has 21 heavy (non-hydrogen) atoms. The normalized spacial score (nSPS) is 13.1. The molecule has 1 aromatic carbocycles. The Balaban J connectivity index is 2.28.